The Morgan fingerprint density at radius 3 is 2.57 bits per heavy atom. The van der Waals surface area contributed by atoms with Gasteiger partial charge in [0.05, 0.1) is 23.9 Å². The predicted molar refractivity (Wildman–Crippen MR) is 109 cm³/mol. The number of oxazole rings is 1. The molecule has 7 nitrogen and oxygen atoms in total. The molecule has 0 saturated carbocycles. The summed E-state index contributed by atoms with van der Waals surface area (Å²) in [5.74, 6) is 0.0673. The molecule has 0 spiro atoms. The summed E-state index contributed by atoms with van der Waals surface area (Å²) in [5.41, 5.74) is 3.42. The fourth-order valence-corrected chi connectivity index (χ4v) is 3.63. The van der Waals surface area contributed by atoms with E-state index in [0.29, 0.717) is 22.7 Å². The van der Waals surface area contributed by atoms with Gasteiger partial charge in [-0.05, 0) is 50.1 Å². The first kappa shape index (κ1) is 19.4. The van der Waals surface area contributed by atoms with Crippen molar-refractivity contribution in [1.29, 1.82) is 5.26 Å². The number of hydrogen-bond donors (Lipinski definition) is 1. The van der Waals surface area contributed by atoms with Gasteiger partial charge in [-0.2, -0.15) is 5.26 Å². The van der Waals surface area contributed by atoms with Crippen LogP contribution in [0.1, 0.15) is 34.9 Å². The lowest BCUT2D eigenvalue weighted by Gasteiger charge is -2.22. The maximum Gasteiger partial charge on any atom is 0.325 e. The van der Waals surface area contributed by atoms with Gasteiger partial charge in [0.15, 0.2) is 0 Å². The summed E-state index contributed by atoms with van der Waals surface area (Å²) in [7, 11) is 0. The van der Waals surface area contributed by atoms with Crippen LogP contribution in [0.3, 0.4) is 0 Å². The van der Waals surface area contributed by atoms with Crippen LogP contribution in [0.25, 0.3) is 11.5 Å². The fraction of sp³-hybridized carbons (Fsp3) is 0.217. The van der Waals surface area contributed by atoms with E-state index in [0.717, 1.165) is 21.6 Å². The number of aryl methyl sites for hydroxylation is 2. The maximum absolute atomic E-state index is 13.1. The minimum Gasteiger partial charge on any atom is -0.444 e. The minimum atomic E-state index is -1.20. The van der Waals surface area contributed by atoms with E-state index in [1.54, 1.807) is 31.2 Å². The van der Waals surface area contributed by atoms with Gasteiger partial charge >= 0.3 is 6.03 Å². The number of urea groups is 1. The van der Waals surface area contributed by atoms with Gasteiger partial charge in [0.2, 0.25) is 5.89 Å². The highest BCUT2D eigenvalue weighted by molar-refractivity contribution is 6.07. The second-order valence-electron chi connectivity index (χ2n) is 7.60. The highest BCUT2D eigenvalue weighted by Crippen LogP contribution is 2.30. The molecule has 1 aromatic heterocycles. The zero-order valence-electron chi connectivity index (χ0n) is 16.9. The molecule has 3 amide bonds. The standard InChI is InChI=1S/C23H20N4O3/c1-14-4-9-19(15(2)10-14)20-25-18(13-30-20)12-27-21(28)23(3,26-22(27)29)17-7-5-16(11-24)6-8-17/h4-10,13H,12H2,1-3H3,(H,26,29). The van der Waals surface area contributed by atoms with Crippen LogP contribution < -0.4 is 5.32 Å². The largest absolute Gasteiger partial charge is 0.444 e. The van der Waals surface area contributed by atoms with E-state index in [2.05, 4.69) is 10.3 Å². The third kappa shape index (κ3) is 3.22. The van der Waals surface area contributed by atoms with Gasteiger partial charge in [-0.1, -0.05) is 29.8 Å². The average Bonchev–Trinajstić information content (AvgIpc) is 3.27. The van der Waals surface area contributed by atoms with Crippen LogP contribution in [-0.2, 0) is 16.9 Å². The van der Waals surface area contributed by atoms with Crippen LogP contribution in [0.5, 0.6) is 0 Å². The molecular formula is C23H20N4O3. The number of imide groups is 1. The molecule has 1 atom stereocenters. The van der Waals surface area contributed by atoms with Gasteiger partial charge in [-0.25, -0.2) is 9.78 Å². The Morgan fingerprint density at radius 1 is 1.17 bits per heavy atom. The van der Waals surface area contributed by atoms with Crippen molar-refractivity contribution in [3.8, 4) is 17.5 Å². The first-order valence-electron chi connectivity index (χ1n) is 9.48. The Bertz CT molecular complexity index is 1190. The molecule has 1 aliphatic rings. The zero-order valence-corrected chi connectivity index (χ0v) is 16.9. The topological polar surface area (TPSA) is 99.2 Å². The lowest BCUT2D eigenvalue weighted by Crippen LogP contribution is -2.40. The fourth-order valence-electron chi connectivity index (χ4n) is 3.63. The number of aromatic nitrogens is 1. The maximum atomic E-state index is 13.1. The van der Waals surface area contributed by atoms with E-state index >= 15 is 0 Å². The number of amides is 3. The number of carbonyl (C=O) groups excluding carboxylic acids is 2. The van der Waals surface area contributed by atoms with Crippen molar-refractivity contribution in [2.75, 3.05) is 0 Å². The third-order valence-corrected chi connectivity index (χ3v) is 5.35. The van der Waals surface area contributed by atoms with Crippen LogP contribution in [0, 0.1) is 25.2 Å². The van der Waals surface area contributed by atoms with Crippen molar-refractivity contribution in [3.05, 3.63) is 76.7 Å². The van der Waals surface area contributed by atoms with Gasteiger partial charge in [-0.15, -0.1) is 0 Å². The predicted octanol–water partition coefficient (Wildman–Crippen LogP) is 3.80. The molecule has 2 aromatic carbocycles. The van der Waals surface area contributed by atoms with E-state index in [9.17, 15) is 9.59 Å². The van der Waals surface area contributed by atoms with Crippen molar-refractivity contribution in [3.63, 3.8) is 0 Å². The monoisotopic (exact) mass is 400 g/mol. The SMILES string of the molecule is Cc1ccc(-c2nc(CN3C(=O)NC(C)(c4ccc(C#N)cc4)C3=O)co2)c(C)c1. The smallest absolute Gasteiger partial charge is 0.325 e. The number of benzene rings is 2. The molecule has 7 heteroatoms. The summed E-state index contributed by atoms with van der Waals surface area (Å²) in [6.45, 7) is 5.65. The summed E-state index contributed by atoms with van der Waals surface area (Å²) in [6.07, 6.45) is 1.46. The van der Waals surface area contributed by atoms with Gasteiger partial charge in [0, 0.05) is 5.56 Å². The van der Waals surface area contributed by atoms with Crippen molar-refractivity contribution >= 4 is 11.9 Å². The zero-order chi connectivity index (χ0) is 21.5. The van der Waals surface area contributed by atoms with Crippen molar-refractivity contribution in [2.24, 2.45) is 0 Å². The molecule has 150 valence electrons. The average molecular weight is 400 g/mol. The van der Waals surface area contributed by atoms with E-state index in [4.69, 9.17) is 9.68 Å². The first-order valence-corrected chi connectivity index (χ1v) is 9.48. The molecule has 0 bridgehead atoms. The quantitative estimate of drug-likeness (QED) is 0.672. The van der Waals surface area contributed by atoms with Crippen LogP contribution >= 0.6 is 0 Å². The Labute approximate surface area is 173 Å². The Kier molecular flexibility index (Phi) is 4.63. The molecule has 3 aromatic rings. The van der Waals surface area contributed by atoms with E-state index in [-0.39, 0.29) is 12.5 Å². The van der Waals surface area contributed by atoms with Crippen molar-refractivity contribution in [2.45, 2.75) is 32.9 Å². The number of carbonyl (C=O) groups is 2. The lowest BCUT2D eigenvalue weighted by atomic mass is 9.91. The van der Waals surface area contributed by atoms with Crippen molar-refractivity contribution in [1.82, 2.24) is 15.2 Å². The number of nitrogens with one attached hydrogen (secondary N) is 1. The van der Waals surface area contributed by atoms with E-state index in [1.165, 1.54) is 6.26 Å². The highest BCUT2D eigenvalue weighted by Gasteiger charge is 2.49. The number of nitrogens with zero attached hydrogens (tertiary/aromatic N) is 3. The van der Waals surface area contributed by atoms with E-state index in [1.807, 2.05) is 38.1 Å². The lowest BCUT2D eigenvalue weighted by molar-refractivity contribution is -0.131. The molecule has 0 radical (unpaired) electrons. The van der Waals surface area contributed by atoms with Gasteiger partial charge in [-0.3, -0.25) is 9.69 Å². The third-order valence-electron chi connectivity index (χ3n) is 5.35. The highest BCUT2D eigenvalue weighted by atomic mass is 16.3. The van der Waals surface area contributed by atoms with E-state index < -0.39 is 11.6 Å². The summed E-state index contributed by atoms with van der Waals surface area (Å²) in [5, 5.41) is 11.7. The number of nitriles is 1. The Hall–Kier alpha value is -3.92. The van der Waals surface area contributed by atoms with Gasteiger partial charge in [0.1, 0.15) is 11.8 Å². The summed E-state index contributed by atoms with van der Waals surface area (Å²) >= 11 is 0. The second-order valence-corrected chi connectivity index (χ2v) is 7.60. The van der Waals surface area contributed by atoms with Gasteiger partial charge in [0.25, 0.3) is 5.91 Å². The summed E-state index contributed by atoms with van der Waals surface area (Å²) in [6, 6.07) is 14.1. The Balaban J connectivity index is 1.57. The second kappa shape index (κ2) is 7.16. The molecule has 1 N–H and O–H groups in total. The number of hydrogen-bond acceptors (Lipinski definition) is 5. The molecule has 4 rings (SSSR count). The molecule has 0 aliphatic carbocycles. The summed E-state index contributed by atoms with van der Waals surface area (Å²) in [4.78, 5) is 31.2. The summed E-state index contributed by atoms with van der Waals surface area (Å²) < 4.78 is 5.60. The van der Waals surface area contributed by atoms with Crippen LogP contribution in [0.4, 0.5) is 4.79 Å². The molecule has 1 fully saturated rings. The van der Waals surface area contributed by atoms with Crippen LogP contribution in [0.2, 0.25) is 0 Å². The molecule has 1 aliphatic heterocycles. The Morgan fingerprint density at radius 2 is 1.90 bits per heavy atom. The number of rotatable bonds is 4. The van der Waals surface area contributed by atoms with Crippen molar-refractivity contribution < 1.29 is 14.0 Å². The molecular weight excluding hydrogens is 380 g/mol. The minimum absolute atomic E-state index is 0.00491. The van der Waals surface area contributed by atoms with Crippen LogP contribution in [-0.4, -0.2) is 21.8 Å². The molecule has 30 heavy (non-hydrogen) atoms. The molecule has 2 heterocycles. The van der Waals surface area contributed by atoms with Gasteiger partial charge < -0.3 is 9.73 Å². The normalized spacial score (nSPS) is 18.4. The van der Waals surface area contributed by atoms with Crippen LogP contribution in [0.15, 0.2) is 53.1 Å². The molecule has 1 saturated heterocycles. The first-order chi connectivity index (χ1) is 14.3. The molecule has 1 unspecified atom stereocenters.